The molecule has 0 aromatic heterocycles. The molecule has 0 aliphatic carbocycles. The van der Waals surface area contributed by atoms with Crippen molar-refractivity contribution >= 4 is 50.6 Å². The molecule has 1 amide bonds. The molecule has 2 rings (SSSR count). The van der Waals surface area contributed by atoms with E-state index in [-0.39, 0.29) is 5.91 Å². The van der Waals surface area contributed by atoms with Crippen molar-refractivity contribution in [3.63, 3.8) is 0 Å². The fraction of sp³-hybridized carbons (Fsp3) is 0.0667. The molecule has 0 fully saturated rings. The van der Waals surface area contributed by atoms with E-state index in [4.69, 9.17) is 4.74 Å². The van der Waals surface area contributed by atoms with E-state index in [9.17, 15) is 4.79 Å². The van der Waals surface area contributed by atoms with Crippen LogP contribution in [-0.2, 0) is 0 Å². The van der Waals surface area contributed by atoms with Crippen LogP contribution in [0.2, 0.25) is 0 Å². The lowest BCUT2D eigenvalue weighted by atomic mass is 10.2. The minimum absolute atomic E-state index is 0.253. The van der Waals surface area contributed by atoms with E-state index in [1.54, 1.807) is 25.5 Å². The quantitative estimate of drug-likeness (QED) is 0.430. The third kappa shape index (κ3) is 4.53. The van der Waals surface area contributed by atoms with Gasteiger partial charge in [0, 0.05) is 19.2 Å². The number of nitrogens with zero attached hydrogens (tertiary/aromatic N) is 1. The first-order chi connectivity index (χ1) is 10.1. The van der Waals surface area contributed by atoms with Gasteiger partial charge in [0.25, 0.3) is 5.91 Å². The summed E-state index contributed by atoms with van der Waals surface area (Å²) in [5.41, 5.74) is 3.83. The van der Waals surface area contributed by atoms with Crippen LogP contribution in [0.25, 0.3) is 0 Å². The first-order valence-electron chi connectivity index (χ1n) is 6.02. The van der Waals surface area contributed by atoms with Gasteiger partial charge >= 0.3 is 0 Å². The van der Waals surface area contributed by atoms with Crippen LogP contribution >= 0.6 is 38.5 Å². The molecule has 0 saturated carbocycles. The second-order valence-electron chi connectivity index (χ2n) is 4.09. The molecule has 6 heteroatoms. The highest BCUT2D eigenvalue weighted by atomic mass is 127. The van der Waals surface area contributed by atoms with Crippen LogP contribution in [-0.4, -0.2) is 19.2 Å². The van der Waals surface area contributed by atoms with E-state index < -0.39 is 0 Å². The van der Waals surface area contributed by atoms with Crippen molar-refractivity contribution in [3.8, 4) is 5.75 Å². The van der Waals surface area contributed by atoms with Gasteiger partial charge in [-0.05, 0) is 65.1 Å². The molecule has 21 heavy (non-hydrogen) atoms. The molecule has 0 aliphatic heterocycles. The molecule has 0 radical (unpaired) electrons. The van der Waals surface area contributed by atoms with Crippen LogP contribution < -0.4 is 10.2 Å². The Bertz CT molecular complexity index is 672. The number of methoxy groups -OCH3 is 1. The number of hydrogen-bond acceptors (Lipinski definition) is 3. The highest BCUT2D eigenvalue weighted by Crippen LogP contribution is 2.21. The average molecular weight is 459 g/mol. The lowest BCUT2D eigenvalue weighted by Crippen LogP contribution is -2.17. The lowest BCUT2D eigenvalue weighted by molar-refractivity contribution is 0.0955. The zero-order valence-electron chi connectivity index (χ0n) is 11.1. The van der Waals surface area contributed by atoms with E-state index in [0.717, 1.165) is 13.6 Å². The number of benzene rings is 2. The van der Waals surface area contributed by atoms with Crippen molar-refractivity contribution in [2.75, 3.05) is 7.11 Å². The zero-order valence-corrected chi connectivity index (χ0v) is 14.9. The molecule has 0 saturated heterocycles. The lowest BCUT2D eigenvalue weighted by Gasteiger charge is -2.04. The van der Waals surface area contributed by atoms with Crippen molar-refractivity contribution in [2.45, 2.75) is 0 Å². The average Bonchev–Trinajstić information content (AvgIpc) is 2.48. The number of halogens is 2. The Labute approximate surface area is 144 Å². The molecule has 0 heterocycles. The molecule has 108 valence electrons. The Hall–Kier alpha value is -1.41. The number of ether oxygens (including phenoxy) is 1. The Balaban J connectivity index is 2.07. The summed E-state index contributed by atoms with van der Waals surface area (Å²) < 4.78 is 7.22. The molecule has 0 aliphatic rings. The molecule has 0 spiro atoms. The molecule has 0 atom stereocenters. The van der Waals surface area contributed by atoms with E-state index in [2.05, 4.69) is 49.0 Å². The fourth-order valence-corrected chi connectivity index (χ4v) is 2.37. The predicted molar refractivity (Wildman–Crippen MR) is 94.9 cm³/mol. The van der Waals surface area contributed by atoms with Crippen molar-refractivity contribution in [2.24, 2.45) is 5.10 Å². The van der Waals surface area contributed by atoms with Gasteiger partial charge in [0.15, 0.2) is 0 Å². The van der Waals surface area contributed by atoms with E-state index in [1.165, 1.54) is 0 Å². The SMILES string of the molecule is COc1ccc(Br)cc1/C=N\NC(=O)c1ccc(I)cc1. The maximum atomic E-state index is 11.9. The number of nitrogens with one attached hydrogen (secondary N) is 1. The number of rotatable bonds is 4. The molecule has 2 aromatic rings. The summed E-state index contributed by atoms with van der Waals surface area (Å²) in [6, 6.07) is 12.8. The molecule has 1 N–H and O–H groups in total. The summed E-state index contributed by atoms with van der Waals surface area (Å²) in [6.07, 6.45) is 1.55. The summed E-state index contributed by atoms with van der Waals surface area (Å²) in [5.74, 6) is 0.432. The highest BCUT2D eigenvalue weighted by molar-refractivity contribution is 14.1. The fourth-order valence-electron chi connectivity index (χ4n) is 1.63. The van der Waals surface area contributed by atoms with Gasteiger partial charge in [-0.1, -0.05) is 15.9 Å². The van der Waals surface area contributed by atoms with Crippen molar-refractivity contribution in [1.82, 2.24) is 5.43 Å². The molecule has 0 bridgehead atoms. The van der Waals surface area contributed by atoms with Gasteiger partial charge in [0.2, 0.25) is 0 Å². The monoisotopic (exact) mass is 458 g/mol. The van der Waals surface area contributed by atoms with E-state index in [0.29, 0.717) is 11.3 Å². The Morgan fingerprint density at radius 1 is 1.29 bits per heavy atom. The van der Waals surface area contributed by atoms with E-state index >= 15 is 0 Å². The van der Waals surface area contributed by atoms with Gasteiger partial charge in [0.1, 0.15) is 5.75 Å². The van der Waals surface area contributed by atoms with Gasteiger partial charge in [-0.25, -0.2) is 5.43 Å². The predicted octanol–water partition coefficient (Wildman–Crippen LogP) is 3.83. The molecular formula is C15H12BrIN2O2. The first kappa shape index (κ1) is 16.0. The smallest absolute Gasteiger partial charge is 0.271 e. The van der Waals surface area contributed by atoms with Crippen molar-refractivity contribution in [1.29, 1.82) is 0 Å². The van der Waals surface area contributed by atoms with Crippen molar-refractivity contribution < 1.29 is 9.53 Å². The second kappa shape index (κ2) is 7.56. The van der Waals surface area contributed by atoms with Gasteiger partial charge in [0.05, 0.1) is 13.3 Å². The summed E-state index contributed by atoms with van der Waals surface area (Å²) in [5, 5.41) is 3.96. The van der Waals surface area contributed by atoms with Gasteiger partial charge < -0.3 is 4.74 Å². The van der Waals surface area contributed by atoms with Crippen LogP contribution in [0.4, 0.5) is 0 Å². The largest absolute Gasteiger partial charge is 0.496 e. The first-order valence-corrected chi connectivity index (χ1v) is 7.90. The van der Waals surface area contributed by atoms with Crippen LogP contribution in [0, 0.1) is 3.57 Å². The second-order valence-corrected chi connectivity index (χ2v) is 6.25. The molecule has 0 unspecified atom stereocenters. The number of carbonyl (C=O) groups excluding carboxylic acids is 1. The normalized spacial score (nSPS) is 10.6. The van der Waals surface area contributed by atoms with Gasteiger partial charge in [-0.15, -0.1) is 0 Å². The third-order valence-corrected chi connectivity index (χ3v) is 3.88. The molecule has 2 aromatic carbocycles. The van der Waals surface area contributed by atoms with Crippen LogP contribution in [0.1, 0.15) is 15.9 Å². The Morgan fingerprint density at radius 3 is 2.67 bits per heavy atom. The van der Waals surface area contributed by atoms with E-state index in [1.807, 2.05) is 30.3 Å². The maximum Gasteiger partial charge on any atom is 0.271 e. The Morgan fingerprint density at radius 2 is 2.00 bits per heavy atom. The van der Waals surface area contributed by atoms with Crippen molar-refractivity contribution in [3.05, 3.63) is 61.6 Å². The van der Waals surface area contributed by atoms with Gasteiger partial charge in [-0.3, -0.25) is 4.79 Å². The molecule has 4 nitrogen and oxygen atoms in total. The summed E-state index contributed by atoms with van der Waals surface area (Å²) in [6.45, 7) is 0. The van der Waals surface area contributed by atoms with Crippen LogP contribution in [0.15, 0.2) is 52.0 Å². The maximum absolute atomic E-state index is 11.9. The van der Waals surface area contributed by atoms with Gasteiger partial charge in [-0.2, -0.15) is 5.10 Å². The Kier molecular flexibility index (Phi) is 5.75. The number of carbonyl (C=O) groups is 1. The number of amides is 1. The number of hydrogen-bond donors (Lipinski definition) is 1. The minimum Gasteiger partial charge on any atom is -0.496 e. The van der Waals surface area contributed by atoms with Crippen LogP contribution in [0.5, 0.6) is 5.75 Å². The topological polar surface area (TPSA) is 50.7 Å². The summed E-state index contributed by atoms with van der Waals surface area (Å²) >= 11 is 5.57. The zero-order chi connectivity index (χ0) is 15.2. The highest BCUT2D eigenvalue weighted by Gasteiger charge is 2.04. The molecular weight excluding hydrogens is 447 g/mol. The third-order valence-electron chi connectivity index (χ3n) is 2.67. The standard InChI is InChI=1S/C15H12BrIN2O2/c1-21-14-7-4-12(16)8-11(14)9-18-19-15(20)10-2-5-13(17)6-3-10/h2-9H,1H3,(H,19,20)/b18-9-. The minimum atomic E-state index is -0.253. The number of hydrazone groups is 1. The summed E-state index contributed by atoms with van der Waals surface area (Å²) in [7, 11) is 1.59. The van der Waals surface area contributed by atoms with Crippen LogP contribution in [0.3, 0.4) is 0 Å². The summed E-state index contributed by atoms with van der Waals surface area (Å²) in [4.78, 5) is 11.9.